The zero-order valence-corrected chi connectivity index (χ0v) is 34.7. The Kier molecular flexibility index (Phi) is 15.4. The highest BCUT2D eigenvalue weighted by Gasteiger charge is 2.25. The maximum absolute atomic E-state index is 14.4. The van der Waals surface area contributed by atoms with E-state index in [1.807, 2.05) is 18.2 Å². The summed E-state index contributed by atoms with van der Waals surface area (Å²) in [6, 6.07) is 24.0. The van der Waals surface area contributed by atoms with Crippen molar-refractivity contribution in [3.8, 4) is 23.1 Å². The number of likely N-dealkylation sites (tertiary alicyclic amines) is 1. The van der Waals surface area contributed by atoms with Gasteiger partial charge in [0.15, 0.2) is 11.6 Å². The van der Waals surface area contributed by atoms with Crippen LogP contribution in [0.1, 0.15) is 23.3 Å². The monoisotopic (exact) mass is 871 g/mol. The van der Waals surface area contributed by atoms with Crippen LogP contribution < -0.4 is 40.8 Å². The number of hydrogen-bond acceptors (Lipinski definition) is 14. The van der Waals surface area contributed by atoms with Crippen molar-refractivity contribution in [3.05, 3.63) is 146 Å². The number of nitrogens with zero attached hydrogens (tertiary/aromatic N) is 6. The lowest BCUT2D eigenvalue weighted by molar-refractivity contribution is -0.128. The Morgan fingerprint density at radius 3 is 2.20 bits per heavy atom. The van der Waals surface area contributed by atoms with E-state index in [-0.39, 0.29) is 53.1 Å². The van der Waals surface area contributed by atoms with E-state index in [1.54, 1.807) is 72.7 Å². The molecule has 1 fully saturated rings. The Morgan fingerprint density at radius 2 is 1.47 bits per heavy atom. The largest absolute Gasteiger partial charge is 0.497 e. The van der Waals surface area contributed by atoms with Gasteiger partial charge in [0.05, 0.1) is 26.0 Å². The number of carbonyl (C=O) groups is 3. The van der Waals surface area contributed by atoms with Crippen LogP contribution in [0.2, 0.25) is 0 Å². The number of ether oxygens (including phenoxy) is 3. The van der Waals surface area contributed by atoms with Gasteiger partial charge in [0, 0.05) is 54.7 Å². The molecule has 0 radical (unpaired) electrons. The second-order valence-corrected chi connectivity index (χ2v) is 13.6. The minimum atomic E-state index is -0.654. The Hall–Kier alpha value is -8.48. The zero-order chi connectivity index (χ0) is 45.4. The molecule has 0 saturated carbocycles. The first-order valence-corrected chi connectivity index (χ1v) is 19.6. The molecular weight excluding hydrogens is 829 g/mol. The maximum atomic E-state index is 14.4. The van der Waals surface area contributed by atoms with Crippen LogP contribution >= 0.6 is 0 Å². The summed E-state index contributed by atoms with van der Waals surface area (Å²) in [5.74, 6) is -0.296. The molecule has 1 aliphatic rings. The molecule has 64 heavy (non-hydrogen) atoms. The van der Waals surface area contributed by atoms with Crippen molar-refractivity contribution >= 4 is 58.2 Å². The van der Waals surface area contributed by atoms with Gasteiger partial charge in [0.25, 0.3) is 11.8 Å². The predicted molar refractivity (Wildman–Crippen MR) is 237 cm³/mol. The molecular formula is C45H43F2N11O6. The van der Waals surface area contributed by atoms with Crippen LogP contribution in [0.15, 0.2) is 129 Å². The van der Waals surface area contributed by atoms with E-state index in [2.05, 4.69) is 64.7 Å². The normalized spacial score (nSPS) is 12.9. The highest BCUT2D eigenvalue weighted by Crippen LogP contribution is 2.27. The topological polar surface area (TPSA) is 207 Å². The quantitative estimate of drug-likeness (QED) is 0.0628. The van der Waals surface area contributed by atoms with E-state index in [0.717, 1.165) is 24.9 Å². The molecule has 4 heterocycles. The Bertz CT molecular complexity index is 2620. The molecule has 0 spiro atoms. The molecule has 1 atom stereocenters. The van der Waals surface area contributed by atoms with Crippen molar-refractivity contribution in [2.75, 3.05) is 48.5 Å². The molecule has 3 aromatic heterocycles. The van der Waals surface area contributed by atoms with Gasteiger partial charge in [-0.05, 0) is 85.7 Å². The minimum absolute atomic E-state index is 0.0470. The average molecular weight is 872 g/mol. The lowest BCUT2D eigenvalue weighted by atomic mass is 10.1. The van der Waals surface area contributed by atoms with E-state index in [0.29, 0.717) is 59.5 Å². The molecule has 19 heteroatoms. The van der Waals surface area contributed by atoms with E-state index >= 15 is 0 Å². The number of carbonyl (C=O) groups excluding carboxylic acids is 3. The summed E-state index contributed by atoms with van der Waals surface area (Å²) in [5, 5.41) is 14.0. The molecule has 3 aromatic carbocycles. The van der Waals surface area contributed by atoms with Gasteiger partial charge in [-0.2, -0.15) is 14.4 Å². The van der Waals surface area contributed by atoms with Crippen molar-refractivity contribution in [1.29, 1.82) is 0 Å². The number of rotatable bonds is 15. The highest BCUT2D eigenvalue weighted by atomic mass is 19.1. The number of pyridine rings is 1. The third-order valence-corrected chi connectivity index (χ3v) is 9.04. The highest BCUT2D eigenvalue weighted by molar-refractivity contribution is 5.99. The molecule has 1 aliphatic heterocycles. The summed E-state index contributed by atoms with van der Waals surface area (Å²) >= 11 is 0. The van der Waals surface area contributed by atoms with Crippen molar-refractivity contribution < 1.29 is 37.4 Å². The SMILES string of the molecule is C=CC(=O)N1CCC[C@@H](Oc2nc(Nc3cccc(OC)c3)ncc2F)C1.C=CC(=O)Nc1cccc(Nc2nc(Nc3ccc(Oc4ccnc(C(=O)NC)c4)cc3)ncc2F)c1. The molecule has 17 nitrogen and oxygen atoms in total. The fourth-order valence-electron chi connectivity index (χ4n) is 5.96. The number of nitrogens with one attached hydrogen (secondary N) is 5. The lowest BCUT2D eigenvalue weighted by Crippen LogP contribution is -2.43. The summed E-state index contributed by atoms with van der Waals surface area (Å²) in [7, 11) is 3.10. The van der Waals surface area contributed by atoms with Crippen LogP contribution in [0, 0.1) is 11.6 Å². The van der Waals surface area contributed by atoms with Crippen molar-refractivity contribution in [2.24, 2.45) is 0 Å². The number of piperidine rings is 1. The summed E-state index contributed by atoms with van der Waals surface area (Å²) in [6.07, 6.45) is 7.16. The lowest BCUT2D eigenvalue weighted by Gasteiger charge is -2.32. The van der Waals surface area contributed by atoms with Gasteiger partial charge in [-0.25, -0.2) is 14.4 Å². The molecule has 1 saturated heterocycles. The number of amides is 3. The van der Waals surface area contributed by atoms with Crippen LogP contribution in [0.25, 0.3) is 0 Å². The van der Waals surface area contributed by atoms with Crippen molar-refractivity contribution in [3.63, 3.8) is 0 Å². The average Bonchev–Trinajstić information content (AvgIpc) is 3.31. The number of aromatic nitrogens is 5. The standard InChI is InChI=1S/C26H22FN7O3.C19H21FN4O3/c1-3-23(35)31-17-5-4-6-18(13-17)32-24-21(27)15-30-26(34-24)33-16-7-9-19(10-8-16)37-20-11-12-29-22(14-20)25(36)28-2;1-3-17(25)24-9-5-8-15(12-24)27-18-16(20)11-21-19(23-18)22-13-6-4-7-14(10-13)26-2/h3-15H,1H2,2H3,(H,28,36)(H,31,35)(H2,30,32,33,34);3-4,6-7,10-11,15H,1,5,8-9,12H2,2H3,(H,21,22,23)/t;15-/m.1/s1. The summed E-state index contributed by atoms with van der Waals surface area (Å²) < 4.78 is 45.2. The minimum Gasteiger partial charge on any atom is -0.497 e. The van der Waals surface area contributed by atoms with Crippen molar-refractivity contribution in [2.45, 2.75) is 18.9 Å². The maximum Gasteiger partial charge on any atom is 0.269 e. The summed E-state index contributed by atoms with van der Waals surface area (Å²) in [4.78, 5) is 56.9. The van der Waals surface area contributed by atoms with Gasteiger partial charge < -0.3 is 45.7 Å². The van der Waals surface area contributed by atoms with Crippen LogP contribution in [0.3, 0.4) is 0 Å². The van der Waals surface area contributed by atoms with Crippen LogP contribution in [-0.4, -0.2) is 80.9 Å². The number of anilines is 7. The fourth-order valence-corrected chi connectivity index (χ4v) is 5.96. The third kappa shape index (κ3) is 12.8. The van der Waals surface area contributed by atoms with Gasteiger partial charge >= 0.3 is 0 Å². The molecule has 7 rings (SSSR count). The first-order chi connectivity index (χ1) is 31.0. The van der Waals surface area contributed by atoms with Gasteiger partial charge in [-0.3, -0.25) is 19.4 Å². The first kappa shape index (κ1) is 45.1. The second-order valence-electron chi connectivity index (χ2n) is 13.6. The number of benzene rings is 3. The van der Waals surface area contributed by atoms with Crippen LogP contribution in [0.4, 0.5) is 49.2 Å². The molecule has 5 N–H and O–H groups in total. The Morgan fingerprint density at radius 1 is 0.766 bits per heavy atom. The van der Waals surface area contributed by atoms with Crippen molar-refractivity contribution in [1.82, 2.24) is 35.1 Å². The van der Waals surface area contributed by atoms with Gasteiger partial charge in [0.1, 0.15) is 29.0 Å². The van der Waals surface area contributed by atoms with Gasteiger partial charge in [-0.15, -0.1) is 0 Å². The number of halogens is 2. The zero-order valence-electron chi connectivity index (χ0n) is 34.7. The molecule has 0 bridgehead atoms. The molecule has 3 amide bonds. The van der Waals surface area contributed by atoms with Crippen LogP contribution in [-0.2, 0) is 9.59 Å². The molecule has 6 aromatic rings. The Labute approximate surface area is 366 Å². The summed E-state index contributed by atoms with van der Waals surface area (Å²) in [6.45, 7) is 7.91. The van der Waals surface area contributed by atoms with Gasteiger partial charge in [-0.1, -0.05) is 25.3 Å². The number of hydrogen-bond donors (Lipinski definition) is 5. The molecule has 328 valence electrons. The van der Waals surface area contributed by atoms with Crippen LogP contribution in [0.5, 0.6) is 23.1 Å². The smallest absolute Gasteiger partial charge is 0.269 e. The van der Waals surface area contributed by atoms with E-state index < -0.39 is 11.6 Å². The van der Waals surface area contributed by atoms with E-state index in [1.165, 1.54) is 25.4 Å². The third-order valence-electron chi connectivity index (χ3n) is 9.04. The second kappa shape index (κ2) is 21.9. The first-order valence-electron chi connectivity index (χ1n) is 19.6. The number of methoxy groups -OCH3 is 1. The van der Waals surface area contributed by atoms with E-state index in [9.17, 15) is 23.2 Å². The molecule has 0 aliphatic carbocycles. The predicted octanol–water partition coefficient (Wildman–Crippen LogP) is 7.70. The van der Waals surface area contributed by atoms with Gasteiger partial charge in [0.2, 0.25) is 29.5 Å². The fraction of sp³-hybridized carbons (Fsp3) is 0.156. The molecule has 0 unspecified atom stereocenters. The van der Waals surface area contributed by atoms with E-state index in [4.69, 9.17) is 14.2 Å². The Balaban J connectivity index is 0.000000223. The summed E-state index contributed by atoms with van der Waals surface area (Å²) in [5.41, 5.74) is 2.61.